The van der Waals surface area contributed by atoms with Crippen LogP contribution in [0.25, 0.3) is 11.1 Å². The molecule has 0 amide bonds. The molecule has 4 aromatic rings. The van der Waals surface area contributed by atoms with E-state index in [0.717, 1.165) is 33.4 Å². The Labute approximate surface area is 191 Å². The van der Waals surface area contributed by atoms with Crippen LogP contribution >= 0.6 is 0 Å². The number of hydrogen-bond donors (Lipinski definition) is 2. The van der Waals surface area contributed by atoms with Gasteiger partial charge in [0.15, 0.2) is 0 Å². The van der Waals surface area contributed by atoms with Crippen LogP contribution in [-0.2, 0) is 25.7 Å². The summed E-state index contributed by atoms with van der Waals surface area (Å²) in [6, 6.07) is 27.7. The van der Waals surface area contributed by atoms with Crippen molar-refractivity contribution in [2.75, 3.05) is 0 Å². The average Bonchev–Trinajstić information content (AvgIpc) is 3.10. The van der Waals surface area contributed by atoms with Gasteiger partial charge in [0.25, 0.3) is 20.2 Å². The molecule has 0 bridgehead atoms. The molecule has 0 saturated heterocycles. The quantitative estimate of drug-likeness (QED) is 0.367. The zero-order chi connectivity index (χ0) is 23.4. The van der Waals surface area contributed by atoms with E-state index >= 15 is 0 Å². The van der Waals surface area contributed by atoms with Crippen LogP contribution in [0.15, 0.2) is 107 Å². The van der Waals surface area contributed by atoms with Crippen molar-refractivity contribution >= 4 is 20.2 Å². The molecule has 0 aliphatic heterocycles. The summed E-state index contributed by atoms with van der Waals surface area (Å²) in [7, 11) is -8.73. The zero-order valence-corrected chi connectivity index (χ0v) is 18.7. The number of benzene rings is 4. The third-order valence-corrected chi connectivity index (χ3v) is 7.86. The molecule has 0 spiro atoms. The summed E-state index contributed by atoms with van der Waals surface area (Å²) in [6.45, 7) is 0. The monoisotopic (exact) mass is 478 g/mol. The first-order valence-electron chi connectivity index (χ1n) is 9.99. The SMILES string of the molecule is O=S(=O)(O)c1ccc(C2(c3ccc(S(=O)(=O)O)cc3)c3ccccc3-c3ccccc32)cc1. The lowest BCUT2D eigenvalue weighted by Crippen LogP contribution is -2.28. The fourth-order valence-corrected chi connectivity index (χ4v) is 5.74. The van der Waals surface area contributed by atoms with Gasteiger partial charge in [0, 0.05) is 0 Å². The first kappa shape index (κ1) is 21.5. The van der Waals surface area contributed by atoms with E-state index in [1.54, 1.807) is 24.3 Å². The molecule has 0 radical (unpaired) electrons. The third-order valence-electron chi connectivity index (χ3n) is 6.12. The highest BCUT2D eigenvalue weighted by Crippen LogP contribution is 2.56. The van der Waals surface area contributed by atoms with Crippen LogP contribution in [0.3, 0.4) is 0 Å². The van der Waals surface area contributed by atoms with Crippen molar-refractivity contribution in [1.82, 2.24) is 0 Å². The highest BCUT2D eigenvalue weighted by Gasteiger charge is 2.46. The van der Waals surface area contributed by atoms with Gasteiger partial charge in [0.05, 0.1) is 15.2 Å². The summed E-state index contributed by atoms with van der Waals surface area (Å²) in [5.41, 5.74) is 4.52. The van der Waals surface area contributed by atoms with Gasteiger partial charge in [-0.1, -0.05) is 72.8 Å². The maximum Gasteiger partial charge on any atom is 0.294 e. The largest absolute Gasteiger partial charge is 0.294 e. The van der Waals surface area contributed by atoms with Crippen molar-refractivity contribution in [3.8, 4) is 11.1 Å². The van der Waals surface area contributed by atoms with Gasteiger partial charge in [-0.05, 0) is 57.6 Å². The van der Waals surface area contributed by atoms with Gasteiger partial charge in [0.1, 0.15) is 0 Å². The van der Waals surface area contributed by atoms with E-state index in [1.165, 1.54) is 24.3 Å². The van der Waals surface area contributed by atoms with Crippen LogP contribution in [0.4, 0.5) is 0 Å². The average molecular weight is 479 g/mol. The lowest BCUT2D eigenvalue weighted by molar-refractivity contribution is 0.481. The van der Waals surface area contributed by atoms with Crippen molar-refractivity contribution < 1.29 is 25.9 Å². The van der Waals surface area contributed by atoms with Gasteiger partial charge in [-0.3, -0.25) is 9.11 Å². The second-order valence-corrected chi connectivity index (χ2v) is 10.7. The normalized spacial score (nSPS) is 14.5. The van der Waals surface area contributed by atoms with E-state index < -0.39 is 25.7 Å². The Hall–Kier alpha value is -3.30. The molecule has 1 aliphatic rings. The molecule has 1 aliphatic carbocycles. The Morgan fingerprint density at radius 3 is 1.15 bits per heavy atom. The maximum absolute atomic E-state index is 11.6. The van der Waals surface area contributed by atoms with Crippen molar-refractivity contribution in [1.29, 1.82) is 0 Å². The molecule has 33 heavy (non-hydrogen) atoms. The summed E-state index contributed by atoms with van der Waals surface area (Å²) in [5.74, 6) is 0. The highest BCUT2D eigenvalue weighted by molar-refractivity contribution is 7.86. The lowest BCUT2D eigenvalue weighted by atomic mass is 9.68. The van der Waals surface area contributed by atoms with E-state index in [9.17, 15) is 25.9 Å². The second kappa shape index (κ2) is 7.36. The van der Waals surface area contributed by atoms with Crippen LogP contribution in [0.2, 0.25) is 0 Å². The van der Waals surface area contributed by atoms with Gasteiger partial charge in [-0.2, -0.15) is 16.8 Å². The van der Waals surface area contributed by atoms with E-state index in [4.69, 9.17) is 0 Å². The molecule has 8 heteroatoms. The molecule has 4 aromatic carbocycles. The topological polar surface area (TPSA) is 109 Å². The Kier molecular flexibility index (Phi) is 4.80. The molecular formula is C25H18O6S2. The summed E-state index contributed by atoms with van der Waals surface area (Å²) in [5, 5.41) is 0. The molecule has 6 nitrogen and oxygen atoms in total. The van der Waals surface area contributed by atoms with E-state index in [0.29, 0.717) is 0 Å². The minimum absolute atomic E-state index is 0.220. The standard InChI is InChI=1S/C25H18O6S2/c26-32(27,28)19-13-9-17(10-14-19)25(18-11-15-20(16-12-18)33(29,30)31)23-7-3-1-5-21(23)22-6-2-4-8-24(22)25/h1-16H,(H,26,27,28)(H,29,30,31). The molecule has 166 valence electrons. The molecule has 0 atom stereocenters. The summed E-state index contributed by atoms with van der Waals surface area (Å²) >= 11 is 0. The molecule has 0 unspecified atom stereocenters. The molecule has 0 fully saturated rings. The maximum atomic E-state index is 11.6. The fraction of sp³-hybridized carbons (Fsp3) is 0.0400. The first-order chi connectivity index (χ1) is 15.6. The predicted molar refractivity (Wildman–Crippen MR) is 123 cm³/mol. The Morgan fingerprint density at radius 2 is 0.818 bits per heavy atom. The highest BCUT2D eigenvalue weighted by atomic mass is 32.2. The molecule has 0 aromatic heterocycles. The molecule has 5 rings (SSSR count). The van der Waals surface area contributed by atoms with E-state index in [1.807, 2.05) is 48.5 Å². The minimum atomic E-state index is -4.37. The smallest absolute Gasteiger partial charge is 0.282 e. The molecule has 0 saturated carbocycles. The van der Waals surface area contributed by atoms with Crippen LogP contribution in [-0.4, -0.2) is 25.9 Å². The van der Waals surface area contributed by atoms with Crippen molar-refractivity contribution in [2.45, 2.75) is 15.2 Å². The summed E-state index contributed by atoms with van der Waals surface area (Å²) in [6.07, 6.45) is 0. The van der Waals surface area contributed by atoms with E-state index in [2.05, 4.69) is 0 Å². The van der Waals surface area contributed by atoms with Crippen LogP contribution in [0.1, 0.15) is 22.3 Å². The van der Waals surface area contributed by atoms with Crippen molar-refractivity contribution in [3.63, 3.8) is 0 Å². The van der Waals surface area contributed by atoms with Gasteiger partial charge < -0.3 is 0 Å². The fourth-order valence-electron chi connectivity index (χ4n) is 4.78. The molecule has 0 heterocycles. The number of hydrogen-bond acceptors (Lipinski definition) is 4. The van der Waals surface area contributed by atoms with Crippen LogP contribution < -0.4 is 0 Å². The summed E-state index contributed by atoms with van der Waals surface area (Å²) in [4.78, 5) is -0.439. The van der Waals surface area contributed by atoms with Crippen LogP contribution in [0.5, 0.6) is 0 Å². The molecular weight excluding hydrogens is 460 g/mol. The Bertz CT molecular complexity index is 1460. The number of fused-ring (bicyclic) bond motifs is 3. The van der Waals surface area contributed by atoms with Gasteiger partial charge in [0.2, 0.25) is 0 Å². The van der Waals surface area contributed by atoms with Gasteiger partial charge in [-0.25, -0.2) is 0 Å². The van der Waals surface area contributed by atoms with Gasteiger partial charge >= 0.3 is 0 Å². The lowest BCUT2D eigenvalue weighted by Gasteiger charge is -2.34. The Morgan fingerprint density at radius 1 is 0.485 bits per heavy atom. The Balaban J connectivity index is 1.87. The zero-order valence-electron chi connectivity index (χ0n) is 17.1. The number of rotatable bonds is 4. The predicted octanol–water partition coefficient (Wildman–Crippen LogP) is 4.54. The van der Waals surface area contributed by atoms with E-state index in [-0.39, 0.29) is 9.79 Å². The van der Waals surface area contributed by atoms with Crippen molar-refractivity contribution in [3.05, 3.63) is 119 Å². The minimum Gasteiger partial charge on any atom is -0.282 e. The van der Waals surface area contributed by atoms with Gasteiger partial charge in [-0.15, -0.1) is 0 Å². The first-order valence-corrected chi connectivity index (χ1v) is 12.9. The third kappa shape index (κ3) is 3.30. The summed E-state index contributed by atoms with van der Waals surface area (Å²) < 4.78 is 65.4. The van der Waals surface area contributed by atoms with Crippen molar-refractivity contribution in [2.24, 2.45) is 0 Å². The molecule has 2 N–H and O–H groups in total. The second-order valence-electron chi connectivity index (χ2n) is 7.84. The van der Waals surface area contributed by atoms with Crippen LogP contribution in [0, 0.1) is 0 Å².